The first kappa shape index (κ1) is 13.0. The monoisotopic (exact) mass is 294 g/mol. The lowest BCUT2D eigenvalue weighted by Crippen LogP contribution is -2.17. The molecule has 0 spiro atoms. The zero-order valence-electron chi connectivity index (χ0n) is 10.4. The highest BCUT2D eigenvalue weighted by Crippen LogP contribution is 2.37. The number of carbonyl (C=O) groups excluding carboxylic acids is 1. The second-order valence-corrected chi connectivity index (χ2v) is 5.24. The molecule has 1 aromatic carbocycles. The van der Waals surface area contributed by atoms with Crippen molar-refractivity contribution < 1.29 is 14.3 Å². The zero-order valence-corrected chi connectivity index (χ0v) is 11.2. The van der Waals surface area contributed by atoms with Crippen molar-refractivity contribution >= 4 is 23.2 Å². The fourth-order valence-electron chi connectivity index (χ4n) is 2.07. The molecule has 1 heterocycles. The highest BCUT2D eigenvalue weighted by molar-refractivity contribution is 6.31. The third-order valence-corrected chi connectivity index (χ3v) is 3.40. The number of hydrogen-bond donors (Lipinski definition) is 2. The number of halogens is 2. The van der Waals surface area contributed by atoms with Gasteiger partial charge in [-0.05, 0) is 31.0 Å². The molecule has 20 heavy (non-hydrogen) atoms. The highest BCUT2D eigenvalue weighted by atomic mass is 35.5. The number of aromatic nitrogens is 1. The number of aromatic hydroxyl groups is 1. The standard InChI is InChI=1S/C14H12ClFN2O2/c15-8-5-13(18(7-8)9-1-2-9)14(20)17-12-4-3-10(19)6-11(12)16/h3-7,9,19H,1-2H2,(H,17,20). The van der Waals surface area contributed by atoms with Crippen molar-refractivity contribution in [3.8, 4) is 5.75 Å². The molecule has 1 aliphatic rings. The van der Waals surface area contributed by atoms with E-state index < -0.39 is 11.7 Å². The fraction of sp³-hybridized carbons (Fsp3) is 0.214. The van der Waals surface area contributed by atoms with Gasteiger partial charge in [0, 0.05) is 18.3 Å². The molecule has 0 aliphatic heterocycles. The Morgan fingerprint density at radius 1 is 1.40 bits per heavy atom. The lowest BCUT2D eigenvalue weighted by Gasteiger charge is -2.09. The van der Waals surface area contributed by atoms with Gasteiger partial charge in [0.25, 0.3) is 5.91 Å². The maximum absolute atomic E-state index is 13.6. The maximum atomic E-state index is 13.6. The summed E-state index contributed by atoms with van der Waals surface area (Å²) in [7, 11) is 0. The van der Waals surface area contributed by atoms with Crippen LogP contribution in [0.25, 0.3) is 0 Å². The van der Waals surface area contributed by atoms with Crippen LogP contribution in [0.1, 0.15) is 29.4 Å². The number of carbonyl (C=O) groups is 1. The molecule has 0 atom stereocenters. The molecule has 1 saturated carbocycles. The molecule has 0 bridgehead atoms. The Balaban J connectivity index is 1.86. The highest BCUT2D eigenvalue weighted by Gasteiger charge is 2.28. The summed E-state index contributed by atoms with van der Waals surface area (Å²) in [5, 5.41) is 12.1. The Morgan fingerprint density at radius 2 is 2.15 bits per heavy atom. The molecular formula is C14H12ClFN2O2. The quantitative estimate of drug-likeness (QED) is 0.850. The number of nitrogens with one attached hydrogen (secondary N) is 1. The molecule has 0 radical (unpaired) electrons. The molecule has 0 unspecified atom stereocenters. The molecular weight excluding hydrogens is 283 g/mol. The molecule has 0 saturated heterocycles. The second kappa shape index (κ2) is 4.83. The summed E-state index contributed by atoms with van der Waals surface area (Å²) in [6.07, 6.45) is 3.74. The van der Waals surface area contributed by atoms with Crippen LogP contribution in [-0.4, -0.2) is 15.6 Å². The molecule has 1 aliphatic carbocycles. The molecule has 1 aromatic heterocycles. The first-order chi connectivity index (χ1) is 9.54. The van der Waals surface area contributed by atoms with Gasteiger partial charge in [-0.3, -0.25) is 4.79 Å². The van der Waals surface area contributed by atoms with E-state index in [9.17, 15) is 9.18 Å². The van der Waals surface area contributed by atoms with Gasteiger partial charge in [-0.1, -0.05) is 11.6 Å². The van der Waals surface area contributed by atoms with Crippen LogP contribution in [0.15, 0.2) is 30.5 Å². The normalized spacial score (nSPS) is 14.3. The number of anilines is 1. The van der Waals surface area contributed by atoms with Crippen molar-refractivity contribution in [2.24, 2.45) is 0 Å². The van der Waals surface area contributed by atoms with Crippen molar-refractivity contribution in [2.45, 2.75) is 18.9 Å². The van der Waals surface area contributed by atoms with Crippen LogP contribution in [0.4, 0.5) is 10.1 Å². The van der Waals surface area contributed by atoms with Crippen LogP contribution >= 0.6 is 11.6 Å². The third-order valence-electron chi connectivity index (χ3n) is 3.19. The molecule has 104 valence electrons. The van der Waals surface area contributed by atoms with E-state index in [0.29, 0.717) is 16.8 Å². The van der Waals surface area contributed by atoms with Crippen molar-refractivity contribution in [3.63, 3.8) is 0 Å². The first-order valence-corrected chi connectivity index (χ1v) is 6.59. The molecule has 1 fully saturated rings. The summed E-state index contributed by atoms with van der Waals surface area (Å²) < 4.78 is 15.4. The lowest BCUT2D eigenvalue weighted by molar-refractivity contribution is 0.101. The van der Waals surface area contributed by atoms with E-state index in [1.807, 2.05) is 4.57 Å². The predicted molar refractivity (Wildman–Crippen MR) is 73.7 cm³/mol. The van der Waals surface area contributed by atoms with Crippen molar-refractivity contribution in [1.29, 1.82) is 0 Å². The Morgan fingerprint density at radius 3 is 2.80 bits per heavy atom. The van der Waals surface area contributed by atoms with Gasteiger partial charge in [-0.25, -0.2) is 4.39 Å². The van der Waals surface area contributed by atoms with Crippen LogP contribution in [0.2, 0.25) is 5.02 Å². The van der Waals surface area contributed by atoms with Gasteiger partial charge in [-0.2, -0.15) is 0 Å². The number of nitrogens with zero attached hydrogens (tertiary/aromatic N) is 1. The Bertz CT molecular complexity index is 680. The number of hydrogen-bond acceptors (Lipinski definition) is 2. The predicted octanol–water partition coefficient (Wildman–Crippen LogP) is 3.57. The largest absolute Gasteiger partial charge is 0.508 e. The molecule has 1 amide bonds. The maximum Gasteiger partial charge on any atom is 0.272 e. The second-order valence-electron chi connectivity index (χ2n) is 4.80. The van der Waals surface area contributed by atoms with Crippen LogP contribution in [0.3, 0.4) is 0 Å². The summed E-state index contributed by atoms with van der Waals surface area (Å²) >= 11 is 5.93. The smallest absolute Gasteiger partial charge is 0.272 e. The summed E-state index contributed by atoms with van der Waals surface area (Å²) in [5.41, 5.74) is 0.428. The van der Waals surface area contributed by atoms with E-state index in [1.54, 1.807) is 12.3 Å². The van der Waals surface area contributed by atoms with Gasteiger partial charge < -0.3 is 15.0 Å². The van der Waals surface area contributed by atoms with Crippen molar-refractivity contribution in [3.05, 3.63) is 47.0 Å². The number of rotatable bonds is 3. The average molecular weight is 295 g/mol. The minimum atomic E-state index is -0.686. The Kier molecular flexibility index (Phi) is 3.14. The van der Waals surface area contributed by atoms with E-state index in [2.05, 4.69) is 5.32 Å². The lowest BCUT2D eigenvalue weighted by atomic mass is 10.2. The average Bonchev–Trinajstić information content (AvgIpc) is 3.16. The molecule has 2 aromatic rings. The van der Waals surface area contributed by atoms with Gasteiger partial charge in [0.1, 0.15) is 17.3 Å². The molecule has 6 heteroatoms. The van der Waals surface area contributed by atoms with Crippen LogP contribution < -0.4 is 5.32 Å². The third kappa shape index (κ3) is 2.49. The van der Waals surface area contributed by atoms with E-state index in [4.69, 9.17) is 16.7 Å². The summed E-state index contributed by atoms with van der Waals surface area (Å²) in [4.78, 5) is 12.2. The van der Waals surface area contributed by atoms with Gasteiger partial charge in [0.2, 0.25) is 0 Å². The summed E-state index contributed by atoms with van der Waals surface area (Å²) in [6.45, 7) is 0. The van der Waals surface area contributed by atoms with Crippen molar-refractivity contribution in [2.75, 3.05) is 5.32 Å². The number of benzene rings is 1. The van der Waals surface area contributed by atoms with E-state index in [1.165, 1.54) is 12.1 Å². The SMILES string of the molecule is O=C(Nc1ccc(O)cc1F)c1cc(Cl)cn1C1CC1. The van der Waals surface area contributed by atoms with Gasteiger partial charge >= 0.3 is 0 Å². The summed E-state index contributed by atoms with van der Waals surface area (Å²) in [5.74, 6) is -1.30. The Hall–Kier alpha value is -2.01. The van der Waals surface area contributed by atoms with E-state index >= 15 is 0 Å². The van der Waals surface area contributed by atoms with Gasteiger partial charge in [0.15, 0.2) is 0 Å². The number of phenolic OH excluding ortho intramolecular Hbond substituents is 1. The molecule has 4 nitrogen and oxygen atoms in total. The molecule has 3 rings (SSSR count). The number of amides is 1. The number of phenols is 1. The first-order valence-electron chi connectivity index (χ1n) is 6.22. The van der Waals surface area contributed by atoms with Crippen LogP contribution in [-0.2, 0) is 0 Å². The van der Waals surface area contributed by atoms with Gasteiger partial charge in [0.05, 0.1) is 10.7 Å². The van der Waals surface area contributed by atoms with Crippen molar-refractivity contribution in [1.82, 2.24) is 4.57 Å². The fourth-order valence-corrected chi connectivity index (χ4v) is 2.28. The molecule has 2 N–H and O–H groups in total. The van der Waals surface area contributed by atoms with Gasteiger partial charge in [-0.15, -0.1) is 0 Å². The minimum Gasteiger partial charge on any atom is -0.508 e. The topological polar surface area (TPSA) is 54.3 Å². The van der Waals surface area contributed by atoms with Crippen LogP contribution in [0.5, 0.6) is 5.75 Å². The Labute approximate surface area is 119 Å². The van der Waals surface area contributed by atoms with E-state index in [-0.39, 0.29) is 11.4 Å². The van der Waals surface area contributed by atoms with E-state index in [0.717, 1.165) is 18.9 Å². The minimum absolute atomic E-state index is 0.0208. The summed E-state index contributed by atoms with van der Waals surface area (Å²) in [6, 6.07) is 5.43. The zero-order chi connectivity index (χ0) is 14.3. The van der Waals surface area contributed by atoms with Crippen LogP contribution in [0, 0.1) is 5.82 Å².